The summed E-state index contributed by atoms with van der Waals surface area (Å²) < 4.78 is 0. The molecule has 0 bridgehead atoms. The number of piperidine rings is 1. The Morgan fingerprint density at radius 2 is 2.17 bits per heavy atom. The molecule has 2 N–H and O–H groups in total. The van der Waals surface area contributed by atoms with Crippen LogP contribution in [0, 0.1) is 5.92 Å². The Bertz CT molecular complexity index is 368. The third kappa shape index (κ3) is 3.22. The van der Waals surface area contributed by atoms with Crippen molar-refractivity contribution in [3.8, 4) is 0 Å². The molecule has 1 aromatic rings. The van der Waals surface area contributed by atoms with Crippen LogP contribution in [0.1, 0.15) is 51.1 Å². The predicted molar refractivity (Wildman–Crippen MR) is 76.7 cm³/mol. The van der Waals surface area contributed by atoms with Crippen molar-refractivity contribution >= 4 is 5.82 Å². The summed E-state index contributed by atoms with van der Waals surface area (Å²) in [6.07, 6.45) is 7.17. The Labute approximate surface area is 110 Å². The van der Waals surface area contributed by atoms with Crippen molar-refractivity contribution in [3.05, 3.63) is 23.9 Å². The molecule has 100 valence electrons. The topological polar surface area (TPSA) is 42.1 Å². The molecule has 3 heteroatoms. The van der Waals surface area contributed by atoms with Gasteiger partial charge < -0.3 is 10.6 Å². The average Bonchev–Trinajstić information content (AvgIpc) is 2.40. The van der Waals surface area contributed by atoms with Gasteiger partial charge in [-0.2, -0.15) is 0 Å². The lowest BCUT2D eigenvalue weighted by Crippen LogP contribution is -2.34. The van der Waals surface area contributed by atoms with E-state index in [2.05, 4.69) is 22.9 Å². The summed E-state index contributed by atoms with van der Waals surface area (Å²) in [5.41, 5.74) is 7.10. The van der Waals surface area contributed by atoms with Crippen molar-refractivity contribution < 1.29 is 0 Å². The first-order valence-electron chi connectivity index (χ1n) is 7.17. The van der Waals surface area contributed by atoms with E-state index in [1.165, 1.54) is 31.2 Å². The molecule has 0 radical (unpaired) electrons. The molecule has 1 atom stereocenters. The third-order valence-corrected chi connectivity index (χ3v) is 3.93. The van der Waals surface area contributed by atoms with Crippen LogP contribution >= 0.6 is 0 Å². The highest BCUT2D eigenvalue weighted by atomic mass is 15.2. The van der Waals surface area contributed by atoms with Crippen LogP contribution in [0.25, 0.3) is 0 Å². The molecule has 2 heterocycles. The maximum atomic E-state index is 5.93. The first-order valence-corrected chi connectivity index (χ1v) is 7.17. The molecular formula is C15H25N3. The lowest BCUT2D eigenvalue weighted by Gasteiger charge is -2.33. The van der Waals surface area contributed by atoms with Gasteiger partial charge in [0.05, 0.1) is 0 Å². The van der Waals surface area contributed by atoms with Crippen LogP contribution in [0.2, 0.25) is 0 Å². The molecule has 18 heavy (non-hydrogen) atoms. The second-order valence-electron chi connectivity index (χ2n) is 5.46. The van der Waals surface area contributed by atoms with Crippen LogP contribution in [-0.4, -0.2) is 18.1 Å². The van der Waals surface area contributed by atoms with E-state index in [0.717, 1.165) is 24.8 Å². The largest absolute Gasteiger partial charge is 0.357 e. The van der Waals surface area contributed by atoms with E-state index in [4.69, 9.17) is 5.73 Å². The minimum atomic E-state index is 0.0874. The Kier molecular flexibility index (Phi) is 4.59. The van der Waals surface area contributed by atoms with E-state index in [0.29, 0.717) is 0 Å². The van der Waals surface area contributed by atoms with Crippen LogP contribution in [0.3, 0.4) is 0 Å². The number of nitrogens with zero attached hydrogens (tertiary/aromatic N) is 2. The van der Waals surface area contributed by atoms with E-state index in [1.54, 1.807) is 0 Å². The van der Waals surface area contributed by atoms with Gasteiger partial charge in [0, 0.05) is 25.3 Å². The van der Waals surface area contributed by atoms with Gasteiger partial charge in [0.25, 0.3) is 0 Å². The summed E-state index contributed by atoms with van der Waals surface area (Å²) in [7, 11) is 0. The smallest absolute Gasteiger partial charge is 0.128 e. The average molecular weight is 247 g/mol. The molecule has 1 aliphatic heterocycles. The van der Waals surface area contributed by atoms with Gasteiger partial charge in [0.2, 0.25) is 0 Å². The Morgan fingerprint density at radius 3 is 2.78 bits per heavy atom. The molecule has 1 aromatic heterocycles. The molecule has 1 aliphatic rings. The van der Waals surface area contributed by atoms with Crippen molar-refractivity contribution in [2.24, 2.45) is 11.7 Å². The molecular weight excluding hydrogens is 222 g/mol. The molecule has 3 nitrogen and oxygen atoms in total. The van der Waals surface area contributed by atoms with Gasteiger partial charge in [0.15, 0.2) is 0 Å². The number of aromatic nitrogens is 1. The zero-order valence-corrected chi connectivity index (χ0v) is 11.6. The maximum Gasteiger partial charge on any atom is 0.128 e. The SMILES string of the molecule is CCCC1CCN(c2cc([C@@H](C)N)ccn2)CC1. The number of pyridine rings is 1. The summed E-state index contributed by atoms with van der Waals surface area (Å²) in [6.45, 7) is 6.58. The van der Waals surface area contributed by atoms with E-state index < -0.39 is 0 Å². The number of rotatable bonds is 4. The molecule has 0 unspecified atom stereocenters. The van der Waals surface area contributed by atoms with Crippen molar-refractivity contribution in [2.45, 2.75) is 45.6 Å². The lowest BCUT2D eigenvalue weighted by atomic mass is 9.92. The number of nitrogens with two attached hydrogens (primary N) is 1. The predicted octanol–water partition coefficient (Wildman–Crippen LogP) is 3.12. The molecule has 0 aromatic carbocycles. The number of hydrogen-bond donors (Lipinski definition) is 1. The van der Waals surface area contributed by atoms with Crippen LogP contribution in [0.4, 0.5) is 5.82 Å². The third-order valence-electron chi connectivity index (χ3n) is 3.93. The molecule has 0 saturated carbocycles. The summed E-state index contributed by atoms with van der Waals surface area (Å²) >= 11 is 0. The van der Waals surface area contributed by atoms with Crippen LogP contribution in [-0.2, 0) is 0 Å². The fourth-order valence-corrected chi connectivity index (χ4v) is 2.75. The molecule has 0 amide bonds. The fraction of sp³-hybridized carbons (Fsp3) is 0.667. The molecule has 1 saturated heterocycles. The van der Waals surface area contributed by atoms with Crippen molar-refractivity contribution in [2.75, 3.05) is 18.0 Å². The molecule has 0 spiro atoms. The minimum Gasteiger partial charge on any atom is -0.357 e. The van der Waals surface area contributed by atoms with Crippen LogP contribution in [0.5, 0.6) is 0 Å². The molecule has 1 fully saturated rings. The highest BCUT2D eigenvalue weighted by Crippen LogP contribution is 2.25. The summed E-state index contributed by atoms with van der Waals surface area (Å²) in [6, 6.07) is 4.24. The summed E-state index contributed by atoms with van der Waals surface area (Å²) in [4.78, 5) is 6.89. The van der Waals surface area contributed by atoms with Gasteiger partial charge in [-0.1, -0.05) is 19.8 Å². The van der Waals surface area contributed by atoms with Gasteiger partial charge in [-0.3, -0.25) is 0 Å². The van der Waals surface area contributed by atoms with E-state index in [-0.39, 0.29) is 6.04 Å². The van der Waals surface area contributed by atoms with Gasteiger partial charge >= 0.3 is 0 Å². The van der Waals surface area contributed by atoms with Gasteiger partial charge in [0.1, 0.15) is 5.82 Å². The first kappa shape index (κ1) is 13.3. The Morgan fingerprint density at radius 1 is 1.44 bits per heavy atom. The van der Waals surface area contributed by atoms with Crippen LogP contribution in [0.15, 0.2) is 18.3 Å². The Hall–Kier alpha value is -1.09. The Balaban J connectivity index is 1.98. The zero-order chi connectivity index (χ0) is 13.0. The standard InChI is InChI=1S/C15H25N3/c1-3-4-13-6-9-18(10-7-13)15-11-14(12(2)16)5-8-17-15/h5,8,11-13H,3-4,6-7,9-10,16H2,1-2H3/t12-/m1/s1. The molecule has 0 aliphatic carbocycles. The number of anilines is 1. The first-order chi connectivity index (χ1) is 8.70. The van der Waals surface area contributed by atoms with E-state index in [1.807, 2.05) is 19.2 Å². The van der Waals surface area contributed by atoms with E-state index in [9.17, 15) is 0 Å². The second kappa shape index (κ2) is 6.19. The van der Waals surface area contributed by atoms with E-state index >= 15 is 0 Å². The summed E-state index contributed by atoms with van der Waals surface area (Å²) in [5, 5.41) is 0. The van der Waals surface area contributed by atoms with Crippen LogP contribution < -0.4 is 10.6 Å². The fourth-order valence-electron chi connectivity index (χ4n) is 2.75. The van der Waals surface area contributed by atoms with Crippen molar-refractivity contribution in [3.63, 3.8) is 0 Å². The molecule has 2 rings (SSSR count). The van der Waals surface area contributed by atoms with Crippen molar-refractivity contribution in [1.29, 1.82) is 0 Å². The quantitative estimate of drug-likeness (QED) is 0.889. The second-order valence-corrected chi connectivity index (χ2v) is 5.46. The lowest BCUT2D eigenvalue weighted by molar-refractivity contribution is 0.377. The number of hydrogen-bond acceptors (Lipinski definition) is 3. The van der Waals surface area contributed by atoms with Gasteiger partial charge in [-0.15, -0.1) is 0 Å². The minimum absolute atomic E-state index is 0.0874. The highest BCUT2D eigenvalue weighted by molar-refractivity contribution is 5.42. The zero-order valence-electron chi connectivity index (χ0n) is 11.6. The highest BCUT2D eigenvalue weighted by Gasteiger charge is 2.19. The summed E-state index contributed by atoms with van der Waals surface area (Å²) in [5.74, 6) is 2.02. The van der Waals surface area contributed by atoms with Gasteiger partial charge in [-0.05, 0) is 43.4 Å². The monoisotopic (exact) mass is 247 g/mol. The maximum absolute atomic E-state index is 5.93. The van der Waals surface area contributed by atoms with Crippen molar-refractivity contribution in [1.82, 2.24) is 4.98 Å². The normalized spacial score (nSPS) is 18.9. The van der Waals surface area contributed by atoms with Gasteiger partial charge in [-0.25, -0.2) is 4.98 Å².